The molecule has 0 atom stereocenters. The van der Waals surface area contributed by atoms with Gasteiger partial charge in [0.05, 0.1) is 6.21 Å². The van der Waals surface area contributed by atoms with Gasteiger partial charge >= 0.3 is 0 Å². The molecule has 28 heavy (non-hydrogen) atoms. The van der Waals surface area contributed by atoms with Crippen LogP contribution in [0.3, 0.4) is 0 Å². The van der Waals surface area contributed by atoms with Crippen LogP contribution in [0, 0.1) is 6.92 Å². The lowest BCUT2D eigenvalue weighted by Gasteiger charge is -2.06. The summed E-state index contributed by atoms with van der Waals surface area (Å²) < 4.78 is 5.81. The molecule has 0 spiro atoms. The first-order chi connectivity index (χ1) is 13.7. The SMILES string of the molecule is Cc1ccc(COc2ccc(C=NN=C(N)SCc3ccccc3)cc2)cc1. The molecule has 0 bridgehead atoms. The molecule has 142 valence electrons. The van der Waals surface area contributed by atoms with E-state index in [1.165, 1.54) is 22.9 Å². The molecule has 0 radical (unpaired) electrons. The minimum absolute atomic E-state index is 0.443. The maximum absolute atomic E-state index is 5.89. The van der Waals surface area contributed by atoms with E-state index in [1.807, 2.05) is 42.5 Å². The number of hydrogen-bond acceptors (Lipinski definition) is 4. The van der Waals surface area contributed by atoms with Crippen LogP contribution in [0.15, 0.2) is 89.1 Å². The van der Waals surface area contributed by atoms with Crippen LogP contribution in [-0.2, 0) is 12.4 Å². The number of aryl methyl sites for hydroxylation is 1. The molecule has 0 heterocycles. The van der Waals surface area contributed by atoms with Gasteiger partial charge in [0, 0.05) is 5.75 Å². The Labute approximate surface area is 170 Å². The second-order valence-electron chi connectivity index (χ2n) is 6.30. The van der Waals surface area contributed by atoms with Crippen LogP contribution >= 0.6 is 11.8 Å². The highest BCUT2D eigenvalue weighted by Gasteiger charge is 1.98. The number of thioether (sulfide) groups is 1. The highest BCUT2D eigenvalue weighted by Crippen LogP contribution is 2.14. The third kappa shape index (κ3) is 6.59. The number of nitrogens with zero attached hydrogens (tertiary/aromatic N) is 2. The molecule has 0 aromatic heterocycles. The summed E-state index contributed by atoms with van der Waals surface area (Å²) in [6, 6.07) is 26.2. The van der Waals surface area contributed by atoms with Gasteiger partial charge in [0.1, 0.15) is 12.4 Å². The molecule has 0 unspecified atom stereocenters. The van der Waals surface area contributed by atoms with E-state index >= 15 is 0 Å². The van der Waals surface area contributed by atoms with Gasteiger partial charge in [-0.05, 0) is 47.9 Å². The van der Waals surface area contributed by atoms with Crippen LogP contribution in [0.25, 0.3) is 0 Å². The maximum Gasteiger partial charge on any atom is 0.180 e. The number of nitrogens with two attached hydrogens (primary N) is 1. The molecular weight excluding hydrogens is 366 g/mol. The Morgan fingerprint density at radius 1 is 0.929 bits per heavy atom. The molecule has 3 aromatic carbocycles. The molecule has 3 aromatic rings. The van der Waals surface area contributed by atoms with Gasteiger partial charge in [0.25, 0.3) is 0 Å². The molecule has 0 saturated heterocycles. The predicted octanol–water partition coefficient (Wildman–Crippen LogP) is 5.16. The number of benzene rings is 3. The Bertz CT molecular complexity index is 920. The van der Waals surface area contributed by atoms with E-state index in [2.05, 4.69) is 53.5 Å². The van der Waals surface area contributed by atoms with Gasteiger partial charge in [0.2, 0.25) is 0 Å². The molecule has 0 amide bonds. The Balaban J connectivity index is 1.47. The molecule has 0 saturated carbocycles. The van der Waals surface area contributed by atoms with Crippen molar-refractivity contribution in [2.45, 2.75) is 19.3 Å². The molecule has 0 aliphatic heterocycles. The van der Waals surface area contributed by atoms with Gasteiger partial charge < -0.3 is 10.5 Å². The molecule has 0 fully saturated rings. The summed E-state index contributed by atoms with van der Waals surface area (Å²) in [5, 5.41) is 8.54. The van der Waals surface area contributed by atoms with Crippen molar-refractivity contribution >= 4 is 23.1 Å². The summed E-state index contributed by atoms with van der Waals surface area (Å²) in [6.07, 6.45) is 1.68. The molecule has 0 aliphatic rings. The number of amidine groups is 1. The third-order valence-electron chi connectivity index (χ3n) is 4.00. The Morgan fingerprint density at radius 3 is 2.36 bits per heavy atom. The van der Waals surface area contributed by atoms with Gasteiger partial charge in [-0.2, -0.15) is 5.10 Å². The number of ether oxygens (including phenoxy) is 1. The zero-order chi connectivity index (χ0) is 19.6. The van der Waals surface area contributed by atoms with E-state index in [1.54, 1.807) is 6.21 Å². The van der Waals surface area contributed by atoms with Crippen LogP contribution in [0.1, 0.15) is 22.3 Å². The summed E-state index contributed by atoms with van der Waals surface area (Å²) in [7, 11) is 0. The first kappa shape index (κ1) is 19.7. The highest BCUT2D eigenvalue weighted by molar-refractivity contribution is 8.13. The maximum atomic E-state index is 5.89. The highest BCUT2D eigenvalue weighted by atomic mass is 32.2. The van der Waals surface area contributed by atoms with Gasteiger partial charge in [-0.3, -0.25) is 0 Å². The van der Waals surface area contributed by atoms with Crippen LogP contribution in [0.5, 0.6) is 5.75 Å². The third-order valence-corrected chi connectivity index (χ3v) is 4.85. The van der Waals surface area contributed by atoms with Crippen molar-refractivity contribution in [3.63, 3.8) is 0 Å². The van der Waals surface area contributed by atoms with Crippen molar-refractivity contribution in [1.82, 2.24) is 0 Å². The number of rotatable bonds is 7. The van der Waals surface area contributed by atoms with E-state index in [9.17, 15) is 0 Å². The fourth-order valence-corrected chi connectivity index (χ4v) is 3.03. The summed E-state index contributed by atoms with van der Waals surface area (Å²) in [5.41, 5.74) is 10.4. The van der Waals surface area contributed by atoms with Crippen molar-refractivity contribution in [2.24, 2.45) is 15.9 Å². The fraction of sp³-hybridized carbons (Fsp3) is 0.130. The second-order valence-corrected chi connectivity index (χ2v) is 7.30. The van der Waals surface area contributed by atoms with E-state index < -0.39 is 0 Å². The monoisotopic (exact) mass is 389 g/mol. The van der Waals surface area contributed by atoms with Crippen molar-refractivity contribution in [1.29, 1.82) is 0 Å². The van der Waals surface area contributed by atoms with Crippen molar-refractivity contribution in [2.75, 3.05) is 0 Å². The van der Waals surface area contributed by atoms with E-state index in [4.69, 9.17) is 10.5 Å². The minimum Gasteiger partial charge on any atom is -0.489 e. The average Bonchev–Trinajstić information content (AvgIpc) is 2.73. The lowest BCUT2D eigenvalue weighted by atomic mass is 10.2. The predicted molar refractivity (Wildman–Crippen MR) is 119 cm³/mol. The van der Waals surface area contributed by atoms with Gasteiger partial charge in [0.15, 0.2) is 5.17 Å². The standard InChI is InChI=1S/C23H23N3OS/c1-18-7-9-20(10-8-18)16-27-22-13-11-19(12-14-22)15-25-26-23(24)28-17-21-5-3-2-4-6-21/h2-15H,16-17H2,1H3,(H2,24,26). The minimum atomic E-state index is 0.443. The molecule has 5 heteroatoms. The quantitative estimate of drug-likeness (QED) is 0.345. The van der Waals surface area contributed by atoms with Crippen LogP contribution in [0.2, 0.25) is 0 Å². The summed E-state index contributed by atoms with van der Waals surface area (Å²) in [4.78, 5) is 0. The number of hydrogen-bond donors (Lipinski definition) is 1. The van der Waals surface area contributed by atoms with Crippen molar-refractivity contribution < 1.29 is 4.74 Å². The largest absolute Gasteiger partial charge is 0.489 e. The second kappa shape index (κ2) is 10.3. The van der Waals surface area contributed by atoms with Crippen molar-refractivity contribution in [3.8, 4) is 5.75 Å². The Kier molecular flexibility index (Phi) is 7.27. The summed E-state index contributed by atoms with van der Waals surface area (Å²) in [5.74, 6) is 1.60. The first-order valence-electron chi connectivity index (χ1n) is 9.01. The van der Waals surface area contributed by atoms with Gasteiger partial charge in [-0.1, -0.05) is 71.9 Å². The summed E-state index contributed by atoms with van der Waals surface area (Å²) >= 11 is 1.47. The van der Waals surface area contributed by atoms with Crippen LogP contribution in [-0.4, -0.2) is 11.4 Å². The topological polar surface area (TPSA) is 60.0 Å². The van der Waals surface area contributed by atoms with Gasteiger partial charge in [-0.25, -0.2) is 0 Å². The lowest BCUT2D eigenvalue weighted by Crippen LogP contribution is -2.05. The van der Waals surface area contributed by atoms with Gasteiger partial charge in [-0.15, -0.1) is 5.10 Å². The molecular formula is C23H23N3OS. The molecule has 0 aliphatic carbocycles. The lowest BCUT2D eigenvalue weighted by molar-refractivity contribution is 0.306. The zero-order valence-electron chi connectivity index (χ0n) is 15.8. The molecule has 4 nitrogen and oxygen atoms in total. The molecule has 2 N–H and O–H groups in total. The summed E-state index contributed by atoms with van der Waals surface area (Å²) in [6.45, 7) is 2.62. The van der Waals surface area contributed by atoms with E-state index in [0.717, 1.165) is 22.6 Å². The van der Waals surface area contributed by atoms with Crippen LogP contribution < -0.4 is 10.5 Å². The zero-order valence-corrected chi connectivity index (χ0v) is 16.6. The van der Waals surface area contributed by atoms with Crippen LogP contribution in [0.4, 0.5) is 0 Å². The first-order valence-corrected chi connectivity index (χ1v) is 9.99. The van der Waals surface area contributed by atoms with Crippen molar-refractivity contribution in [3.05, 3.63) is 101 Å². The Hall–Kier alpha value is -3.05. The van der Waals surface area contributed by atoms with E-state index in [0.29, 0.717) is 11.8 Å². The average molecular weight is 390 g/mol. The molecule has 3 rings (SSSR count). The normalized spacial score (nSPS) is 11.7. The Morgan fingerprint density at radius 2 is 1.64 bits per heavy atom. The van der Waals surface area contributed by atoms with E-state index in [-0.39, 0.29) is 0 Å². The smallest absolute Gasteiger partial charge is 0.180 e. The fourth-order valence-electron chi connectivity index (χ4n) is 2.41.